The summed E-state index contributed by atoms with van der Waals surface area (Å²) in [7, 11) is 1.46. The molecule has 0 unspecified atom stereocenters. The molecule has 2 heterocycles. The third-order valence-corrected chi connectivity index (χ3v) is 5.17. The third kappa shape index (κ3) is 2.10. The second-order valence-corrected chi connectivity index (χ2v) is 7.04. The predicted molar refractivity (Wildman–Crippen MR) is 86.2 cm³/mol. The van der Waals surface area contributed by atoms with Crippen LogP contribution in [0.25, 0.3) is 10.9 Å². The molecule has 112 valence electrons. The Morgan fingerprint density at radius 2 is 1.71 bits per heavy atom. The summed E-state index contributed by atoms with van der Waals surface area (Å²) in [5.41, 5.74) is 2.03. The molecule has 4 nitrogen and oxygen atoms in total. The summed E-state index contributed by atoms with van der Waals surface area (Å²) < 4.78 is 14.0. The first-order chi connectivity index (χ1) is 9.64. The number of hydrogen-bond donors (Lipinski definition) is 0. The van der Waals surface area contributed by atoms with E-state index in [1.165, 1.54) is 0 Å². The van der Waals surface area contributed by atoms with Crippen LogP contribution in [0.4, 0.5) is 0 Å². The van der Waals surface area contributed by atoms with E-state index < -0.39 is 7.12 Å². The highest BCUT2D eigenvalue weighted by atomic mass is 35.5. The first kappa shape index (κ1) is 14.9. The van der Waals surface area contributed by atoms with Gasteiger partial charge in [-0.1, -0.05) is 17.7 Å². The van der Waals surface area contributed by atoms with Gasteiger partial charge in [0, 0.05) is 23.6 Å². The minimum absolute atomic E-state index is 0.375. The Morgan fingerprint density at radius 3 is 2.29 bits per heavy atom. The van der Waals surface area contributed by atoms with E-state index in [1.54, 1.807) is 0 Å². The zero-order chi connectivity index (χ0) is 15.6. The van der Waals surface area contributed by atoms with Crippen LogP contribution in [0, 0.1) is 6.92 Å². The van der Waals surface area contributed by atoms with Crippen LogP contribution in [-0.2, 0) is 16.4 Å². The predicted octanol–water partition coefficient (Wildman–Crippen LogP) is 2.83. The molecule has 0 atom stereocenters. The van der Waals surface area contributed by atoms with Crippen LogP contribution in [0.1, 0.15) is 33.4 Å². The first-order valence-corrected chi connectivity index (χ1v) is 7.49. The first-order valence-electron chi connectivity index (χ1n) is 7.11. The molecule has 1 saturated heterocycles. The standard InChI is InChI=1S/C15H20BClN2O2/c1-9-12-11(18-19(9)6)8-7-10(13(12)17)16-20-14(2,3)15(4,5)21-16/h7-8H,1-6H3. The van der Waals surface area contributed by atoms with E-state index in [9.17, 15) is 0 Å². The lowest BCUT2D eigenvalue weighted by Crippen LogP contribution is -2.41. The number of fused-ring (bicyclic) bond motifs is 1. The van der Waals surface area contributed by atoms with Gasteiger partial charge in [0.25, 0.3) is 0 Å². The van der Waals surface area contributed by atoms with Crippen molar-refractivity contribution in [2.45, 2.75) is 45.8 Å². The zero-order valence-corrected chi connectivity index (χ0v) is 14.1. The molecule has 1 aromatic carbocycles. The zero-order valence-electron chi connectivity index (χ0n) is 13.3. The number of benzene rings is 1. The van der Waals surface area contributed by atoms with Crippen LogP contribution in [0.15, 0.2) is 12.1 Å². The van der Waals surface area contributed by atoms with E-state index in [0.717, 1.165) is 22.1 Å². The lowest BCUT2D eigenvalue weighted by Gasteiger charge is -2.32. The number of halogens is 1. The molecule has 6 heteroatoms. The molecule has 1 fully saturated rings. The maximum Gasteiger partial charge on any atom is 0.496 e. The van der Waals surface area contributed by atoms with Gasteiger partial charge in [-0.2, -0.15) is 5.10 Å². The summed E-state index contributed by atoms with van der Waals surface area (Å²) in [5, 5.41) is 6.08. The lowest BCUT2D eigenvalue weighted by atomic mass is 9.78. The third-order valence-electron chi connectivity index (χ3n) is 4.76. The second-order valence-electron chi connectivity index (χ2n) is 6.66. The molecule has 1 aliphatic rings. The maximum absolute atomic E-state index is 6.61. The van der Waals surface area contributed by atoms with Crippen molar-refractivity contribution >= 4 is 35.1 Å². The largest absolute Gasteiger partial charge is 0.496 e. The number of aromatic nitrogens is 2. The fourth-order valence-electron chi connectivity index (χ4n) is 2.56. The van der Waals surface area contributed by atoms with E-state index in [-0.39, 0.29) is 11.2 Å². The van der Waals surface area contributed by atoms with E-state index in [0.29, 0.717) is 5.02 Å². The molecule has 0 radical (unpaired) electrons. The molecule has 0 amide bonds. The van der Waals surface area contributed by atoms with E-state index in [4.69, 9.17) is 20.9 Å². The number of rotatable bonds is 1. The molecule has 0 N–H and O–H groups in total. The highest BCUT2D eigenvalue weighted by molar-refractivity contribution is 6.66. The van der Waals surface area contributed by atoms with Crippen LogP contribution in [-0.4, -0.2) is 28.1 Å². The lowest BCUT2D eigenvalue weighted by molar-refractivity contribution is 0.00578. The SMILES string of the molecule is Cc1c2c(Cl)c(B3OC(C)(C)C(C)(C)O3)ccc2nn1C. The highest BCUT2D eigenvalue weighted by Gasteiger charge is 2.52. The summed E-state index contributed by atoms with van der Waals surface area (Å²) in [6.45, 7) is 10.2. The molecule has 0 aliphatic carbocycles. The fourth-order valence-corrected chi connectivity index (χ4v) is 2.95. The molecule has 21 heavy (non-hydrogen) atoms. The fraction of sp³-hybridized carbons (Fsp3) is 0.533. The van der Waals surface area contributed by atoms with Gasteiger partial charge >= 0.3 is 7.12 Å². The molecule has 3 rings (SSSR count). The average molecular weight is 307 g/mol. The van der Waals surface area contributed by atoms with Gasteiger partial charge in [-0.05, 0) is 40.7 Å². The molecule has 0 bridgehead atoms. The summed E-state index contributed by atoms with van der Waals surface area (Å²) in [6.07, 6.45) is 0. The average Bonchev–Trinajstić information content (AvgIpc) is 2.75. The highest BCUT2D eigenvalue weighted by Crippen LogP contribution is 2.37. The van der Waals surface area contributed by atoms with Crippen molar-refractivity contribution in [3.05, 3.63) is 22.8 Å². The minimum Gasteiger partial charge on any atom is -0.399 e. The van der Waals surface area contributed by atoms with E-state index >= 15 is 0 Å². The molecular formula is C15H20BClN2O2. The Kier molecular flexibility index (Phi) is 3.17. The van der Waals surface area contributed by atoms with Gasteiger partial charge in [-0.15, -0.1) is 0 Å². The quantitative estimate of drug-likeness (QED) is 0.760. The molecular weight excluding hydrogens is 286 g/mol. The van der Waals surface area contributed by atoms with Crippen molar-refractivity contribution in [2.75, 3.05) is 0 Å². The summed E-state index contributed by atoms with van der Waals surface area (Å²) in [5.74, 6) is 0. The minimum atomic E-state index is -0.452. The Balaban J connectivity index is 2.11. The summed E-state index contributed by atoms with van der Waals surface area (Å²) in [4.78, 5) is 0. The second kappa shape index (κ2) is 4.48. The van der Waals surface area contributed by atoms with Crippen molar-refractivity contribution in [3.63, 3.8) is 0 Å². The molecule has 0 spiro atoms. The van der Waals surface area contributed by atoms with Crippen LogP contribution >= 0.6 is 11.6 Å². The summed E-state index contributed by atoms with van der Waals surface area (Å²) >= 11 is 6.61. The normalized spacial score (nSPS) is 20.4. The Hall–Kier alpha value is -1.04. The monoisotopic (exact) mass is 306 g/mol. The summed E-state index contributed by atoms with van der Waals surface area (Å²) in [6, 6.07) is 3.91. The van der Waals surface area contributed by atoms with Crippen LogP contribution in [0.5, 0.6) is 0 Å². The maximum atomic E-state index is 6.61. The van der Waals surface area contributed by atoms with Crippen molar-refractivity contribution in [2.24, 2.45) is 7.05 Å². The Bertz CT molecular complexity index is 708. The Labute approximate surface area is 130 Å². The molecule has 2 aromatic rings. The van der Waals surface area contributed by atoms with Crippen molar-refractivity contribution in [3.8, 4) is 0 Å². The number of hydrogen-bond acceptors (Lipinski definition) is 3. The molecule has 1 aromatic heterocycles. The van der Waals surface area contributed by atoms with Crippen LogP contribution < -0.4 is 5.46 Å². The van der Waals surface area contributed by atoms with Crippen LogP contribution in [0.2, 0.25) is 5.02 Å². The van der Waals surface area contributed by atoms with Gasteiger partial charge in [0.1, 0.15) is 0 Å². The van der Waals surface area contributed by atoms with E-state index in [1.807, 2.05) is 58.5 Å². The molecule has 0 saturated carbocycles. The van der Waals surface area contributed by atoms with Gasteiger partial charge < -0.3 is 9.31 Å². The smallest absolute Gasteiger partial charge is 0.399 e. The number of nitrogens with zero attached hydrogens (tertiary/aromatic N) is 2. The van der Waals surface area contributed by atoms with Crippen molar-refractivity contribution < 1.29 is 9.31 Å². The van der Waals surface area contributed by atoms with Crippen molar-refractivity contribution in [1.82, 2.24) is 9.78 Å². The van der Waals surface area contributed by atoms with Gasteiger partial charge in [-0.25, -0.2) is 0 Å². The number of aryl methyl sites for hydroxylation is 2. The van der Waals surface area contributed by atoms with Crippen molar-refractivity contribution in [1.29, 1.82) is 0 Å². The van der Waals surface area contributed by atoms with Crippen LogP contribution in [0.3, 0.4) is 0 Å². The van der Waals surface area contributed by atoms with Gasteiger partial charge in [0.2, 0.25) is 0 Å². The van der Waals surface area contributed by atoms with Gasteiger partial charge in [0.05, 0.1) is 21.7 Å². The van der Waals surface area contributed by atoms with Gasteiger partial charge in [0.15, 0.2) is 0 Å². The topological polar surface area (TPSA) is 36.3 Å². The van der Waals surface area contributed by atoms with E-state index in [2.05, 4.69) is 5.10 Å². The molecule has 1 aliphatic heterocycles. The Morgan fingerprint density at radius 1 is 1.14 bits per heavy atom. The van der Waals surface area contributed by atoms with Gasteiger partial charge in [-0.3, -0.25) is 4.68 Å².